The molecule has 1 aliphatic rings. The molecule has 1 saturated heterocycles. The molecule has 0 aliphatic carbocycles. The van der Waals surface area contributed by atoms with E-state index in [1.54, 1.807) is 7.11 Å². The number of anilines is 1. The third-order valence-corrected chi connectivity index (χ3v) is 5.13. The van der Waals surface area contributed by atoms with Gasteiger partial charge in [-0.1, -0.05) is 19.0 Å². The Bertz CT molecular complexity index is 796. The van der Waals surface area contributed by atoms with Gasteiger partial charge in [-0.15, -0.1) is 0 Å². The Morgan fingerprint density at radius 1 is 1.29 bits per heavy atom. The highest BCUT2D eigenvalue weighted by atomic mass is 16.5. The number of fused-ring (bicyclic) bond motifs is 1. The highest BCUT2D eigenvalue weighted by Gasteiger charge is 2.27. The standard InChI is InChI=1S/C20H31N5O3/c1-13-10-14(2)12-25(11-13)19-18-15(3)24-28-20(18)23-16(22-19)6-7-17(26)21-8-5-9-27-4/h13-14H,5-12H2,1-4H3,(H,21,26). The molecule has 1 fully saturated rings. The van der Waals surface area contributed by atoms with Crippen LogP contribution in [0.15, 0.2) is 4.52 Å². The average molecular weight is 390 g/mol. The molecule has 28 heavy (non-hydrogen) atoms. The number of aryl methyl sites for hydroxylation is 2. The lowest BCUT2D eigenvalue weighted by Gasteiger charge is -2.36. The van der Waals surface area contributed by atoms with Gasteiger partial charge in [0.25, 0.3) is 5.71 Å². The van der Waals surface area contributed by atoms with Crippen LogP contribution in [-0.4, -0.2) is 54.4 Å². The highest BCUT2D eigenvalue weighted by Crippen LogP contribution is 2.31. The fourth-order valence-corrected chi connectivity index (χ4v) is 3.95. The third kappa shape index (κ3) is 4.98. The maximum Gasteiger partial charge on any atom is 0.263 e. The lowest BCUT2D eigenvalue weighted by molar-refractivity contribution is -0.121. The Labute approximate surface area is 166 Å². The Morgan fingerprint density at radius 2 is 2.04 bits per heavy atom. The van der Waals surface area contributed by atoms with Crippen LogP contribution in [0.2, 0.25) is 0 Å². The number of carbonyl (C=O) groups excluding carboxylic acids is 1. The third-order valence-electron chi connectivity index (χ3n) is 5.13. The second-order valence-corrected chi connectivity index (χ2v) is 7.96. The summed E-state index contributed by atoms with van der Waals surface area (Å²) in [6.07, 6.45) is 2.84. The van der Waals surface area contributed by atoms with Crippen molar-refractivity contribution in [3.05, 3.63) is 11.5 Å². The first-order chi connectivity index (χ1) is 13.5. The van der Waals surface area contributed by atoms with Crippen LogP contribution >= 0.6 is 0 Å². The molecular formula is C20H31N5O3. The summed E-state index contributed by atoms with van der Waals surface area (Å²) in [4.78, 5) is 23.7. The molecule has 1 N–H and O–H groups in total. The Hall–Kier alpha value is -2.22. The van der Waals surface area contributed by atoms with E-state index in [0.717, 1.165) is 36.4 Å². The second kappa shape index (κ2) is 9.32. The van der Waals surface area contributed by atoms with Gasteiger partial charge in [-0.2, -0.15) is 4.98 Å². The molecule has 0 aromatic carbocycles. The number of rotatable bonds is 8. The molecule has 8 heteroatoms. The topological polar surface area (TPSA) is 93.4 Å². The number of ether oxygens (including phenoxy) is 1. The normalized spacial score (nSPS) is 19.9. The lowest BCUT2D eigenvalue weighted by atomic mass is 9.92. The molecule has 1 amide bonds. The van der Waals surface area contributed by atoms with Crippen molar-refractivity contribution in [2.75, 3.05) is 38.3 Å². The van der Waals surface area contributed by atoms with Crippen LogP contribution in [0.3, 0.4) is 0 Å². The minimum atomic E-state index is -0.00434. The molecular weight excluding hydrogens is 358 g/mol. The summed E-state index contributed by atoms with van der Waals surface area (Å²) < 4.78 is 10.4. The van der Waals surface area contributed by atoms with E-state index in [1.807, 2.05) is 6.92 Å². The van der Waals surface area contributed by atoms with Crippen molar-refractivity contribution in [3.8, 4) is 0 Å². The van der Waals surface area contributed by atoms with Crippen LogP contribution in [0.1, 0.15) is 44.6 Å². The lowest BCUT2D eigenvalue weighted by Crippen LogP contribution is -2.39. The molecule has 3 rings (SSSR count). The van der Waals surface area contributed by atoms with E-state index in [-0.39, 0.29) is 5.91 Å². The Kier molecular flexibility index (Phi) is 6.83. The van der Waals surface area contributed by atoms with Crippen molar-refractivity contribution in [1.82, 2.24) is 20.4 Å². The van der Waals surface area contributed by atoms with E-state index in [9.17, 15) is 4.79 Å². The van der Waals surface area contributed by atoms with Crippen LogP contribution < -0.4 is 10.2 Å². The molecule has 8 nitrogen and oxygen atoms in total. The molecule has 2 unspecified atom stereocenters. The maximum absolute atomic E-state index is 12.1. The SMILES string of the molecule is COCCCNC(=O)CCc1nc(N2CC(C)CC(C)C2)c2c(C)noc2n1. The van der Waals surface area contributed by atoms with Gasteiger partial charge in [0, 0.05) is 46.2 Å². The van der Waals surface area contributed by atoms with Crippen molar-refractivity contribution in [1.29, 1.82) is 0 Å². The first-order valence-corrected chi connectivity index (χ1v) is 10.1. The first-order valence-electron chi connectivity index (χ1n) is 10.1. The summed E-state index contributed by atoms with van der Waals surface area (Å²) in [6.45, 7) is 9.64. The van der Waals surface area contributed by atoms with Crippen molar-refractivity contribution in [2.45, 2.75) is 46.5 Å². The summed E-state index contributed by atoms with van der Waals surface area (Å²) >= 11 is 0. The number of nitrogens with one attached hydrogen (secondary N) is 1. The number of amides is 1. The Balaban J connectivity index is 1.74. The fraction of sp³-hybridized carbons (Fsp3) is 0.700. The number of nitrogens with zero attached hydrogens (tertiary/aromatic N) is 4. The van der Waals surface area contributed by atoms with Crippen LogP contribution in [-0.2, 0) is 16.0 Å². The largest absolute Gasteiger partial charge is 0.385 e. The fourth-order valence-electron chi connectivity index (χ4n) is 3.95. The zero-order valence-corrected chi connectivity index (χ0v) is 17.3. The van der Waals surface area contributed by atoms with E-state index in [1.165, 1.54) is 6.42 Å². The van der Waals surface area contributed by atoms with Crippen molar-refractivity contribution < 1.29 is 14.1 Å². The smallest absolute Gasteiger partial charge is 0.263 e. The van der Waals surface area contributed by atoms with Gasteiger partial charge in [-0.25, -0.2) is 4.98 Å². The molecule has 2 aromatic heterocycles. The molecule has 2 atom stereocenters. The zero-order valence-electron chi connectivity index (χ0n) is 17.3. The average Bonchev–Trinajstić information content (AvgIpc) is 3.03. The number of carbonyl (C=O) groups is 1. The number of aromatic nitrogens is 3. The molecule has 0 bridgehead atoms. The van der Waals surface area contributed by atoms with Gasteiger partial charge in [0.2, 0.25) is 5.91 Å². The summed E-state index contributed by atoms with van der Waals surface area (Å²) in [5.41, 5.74) is 1.31. The van der Waals surface area contributed by atoms with Gasteiger partial charge in [0.15, 0.2) is 0 Å². The molecule has 0 radical (unpaired) electrons. The van der Waals surface area contributed by atoms with Crippen molar-refractivity contribution >= 4 is 22.8 Å². The van der Waals surface area contributed by atoms with Crippen LogP contribution in [0.5, 0.6) is 0 Å². The van der Waals surface area contributed by atoms with Crippen LogP contribution in [0.25, 0.3) is 11.1 Å². The first kappa shape index (κ1) is 20.5. The van der Waals surface area contributed by atoms with E-state index in [0.29, 0.717) is 49.4 Å². The van der Waals surface area contributed by atoms with Crippen molar-refractivity contribution in [2.24, 2.45) is 11.8 Å². The number of piperidine rings is 1. The van der Waals surface area contributed by atoms with Gasteiger partial charge < -0.3 is 19.5 Å². The number of methoxy groups -OCH3 is 1. The Morgan fingerprint density at radius 3 is 2.75 bits per heavy atom. The molecule has 2 aromatic rings. The number of hydrogen-bond acceptors (Lipinski definition) is 7. The minimum Gasteiger partial charge on any atom is -0.385 e. The summed E-state index contributed by atoms with van der Waals surface area (Å²) in [5, 5.41) is 7.87. The molecule has 154 valence electrons. The predicted octanol–water partition coefficient (Wildman–Crippen LogP) is 2.49. The van der Waals surface area contributed by atoms with Crippen LogP contribution in [0, 0.1) is 18.8 Å². The quantitative estimate of drug-likeness (QED) is 0.693. The summed E-state index contributed by atoms with van der Waals surface area (Å²) in [5.74, 6) is 2.72. The van der Waals surface area contributed by atoms with E-state index in [4.69, 9.17) is 14.2 Å². The van der Waals surface area contributed by atoms with E-state index >= 15 is 0 Å². The monoisotopic (exact) mass is 389 g/mol. The van der Waals surface area contributed by atoms with E-state index in [2.05, 4.69) is 34.2 Å². The van der Waals surface area contributed by atoms with Crippen LogP contribution in [0.4, 0.5) is 5.82 Å². The molecule has 0 saturated carbocycles. The highest BCUT2D eigenvalue weighted by molar-refractivity contribution is 5.88. The maximum atomic E-state index is 12.1. The molecule has 1 aliphatic heterocycles. The minimum absolute atomic E-state index is 0.00434. The predicted molar refractivity (Wildman–Crippen MR) is 107 cm³/mol. The van der Waals surface area contributed by atoms with Crippen molar-refractivity contribution in [3.63, 3.8) is 0 Å². The molecule has 3 heterocycles. The number of hydrogen-bond donors (Lipinski definition) is 1. The summed E-state index contributed by atoms with van der Waals surface area (Å²) in [6, 6.07) is 0. The second-order valence-electron chi connectivity index (χ2n) is 7.96. The van der Waals surface area contributed by atoms with Gasteiger partial charge in [-0.3, -0.25) is 4.79 Å². The summed E-state index contributed by atoms with van der Waals surface area (Å²) in [7, 11) is 1.65. The van der Waals surface area contributed by atoms with Gasteiger partial charge in [0.1, 0.15) is 17.0 Å². The van der Waals surface area contributed by atoms with E-state index < -0.39 is 0 Å². The van der Waals surface area contributed by atoms with Gasteiger partial charge in [0.05, 0.1) is 5.69 Å². The van der Waals surface area contributed by atoms with Gasteiger partial charge >= 0.3 is 0 Å². The van der Waals surface area contributed by atoms with Gasteiger partial charge in [-0.05, 0) is 31.6 Å². The zero-order chi connectivity index (χ0) is 20.1. The molecule has 0 spiro atoms.